The fourth-order valence-electron chi connectivity index (χ4n) is 2.25. The van der Waals surface area contributed by atoms with Gasteiger partial charge in [0.1, 0.15) is 5.69 Å². The van der Waals surface area contributed by atoms with Crippen LogP contribution >= 0.6 is 0 Å². The number of rotatable bonds is 3. The second-order valence-corrected chi connectivity index (χ2v) is 4.95. The van der Waals surface area contributed by atoms with Gasteiger partial charge in [-0.1, -0.05) is 26.0 Å². The lowest BCUT2D eigenvalue weighted by molar-refractivity contribution is -0.384. The third-order valence-electron chi connectivity index (χ3n) is 3.76. The molecule has 1 aromatic rings. The van der Waals surface area contributed by atoms with E-state index in [-0.39, 0.29) is 41.6 Å². The van der Waals surface area contributed by atoms with E-state index in [1.807, 2.05) is 0 Å². The van der Waals surface area contributed by atoms with Crippen LogP contribution in [0.3, 0.4) is 0 Å². The van der Waals surface area contributed by atoms with Crippen LogP contribution in [-0.2, 0) is 16.1 Å². The predicted molar refractivity (Wildman–Crippen MR) is 71.4 cm³/mol. The maximum absolute atomic E-state index is 12.0. The maximum Gasteiger partial charge on any atom is 0.292 e. The molecule has 2 amide bonds. The highest BCUT2D eigenvalue weighted by molar-refractivity contribution is 6.04. The molecule has 0 bridgehead atoms. The molecular weight excluding hydrogens is 262 g/mol. The molecule has 0 aliphatic carbocycles. The van der Waals surface area contributed by atoms with Crippen molar-refractivity contribution < 1.29 is 14.5 Å². The standard InChI is InChI=1S/C13H15N3O4/c1-7-8(2)13(18)15(12(7)17)6-9-4-3-5-10(11(9)14)16(19)20/h3-5,7-8H,6,14H2,1-2H3. The lowest BCUT2D eigenvalue weighted by Crippen LogP contribution is -2.30. The molecule has 0 saturated carbocycles. The number of carbonyl (C=O) groups excluding carboxylic acids is 2. The lowest BCUT2D eigenvalue weighted by atomic mass is 10.00. The number of nitro groups is 1. The zero-order chi connectivity index (χ0) is 15.0. The number of imide groups is 1. The number of nitro benzene ring substituents is 1. The summed E-state index contributed by atoms with van der Waals surface area (Å²) in [4.78, 5) is 35.3. The van der Waals surface area contributed by atoms with Gasteiger partial charge in [-0.3, -0.25) is 24.6 Å². The fourth-order valence-corrected chi connectivity index (χ4v) is 2.25. The smallest absolute Gasteiger partial charge is 0.292 e. The number of anilines is 1. The number of para-hydroxylation sites is 1. The number of nitrogen functional groups attached to an aromatic ring is 1. The van der Waals surface area contributed by atoms with E-state index in [1.165, 1.54) is 12.1 Å². The van der Waals surface area contributed by atoms with E-state index in [0.29, 0.717) is 5.56 Å². The van der Waals surface area contributed by atoms with Gasteiger partial charge in [-0.15, -0.1) is 0 Å². The van der Waals surface area contributed by atoms with Gasteiger partial charge in [-0.2, -0.15) is 0 Å². The first-order valence-electron chi connectivity index (χ1n) is 6.21. The average Bonchev–Trinajstić information content (AvgIpc) is 2.58. The van der Waals surface area contributed by atoms with E-state index in [1.54, 1.807) is 19.9 Å². The van der Waals surface area contributed by atoms with Gasteiger partial charge in [0.2, 0.25) is 11.8 Å². The Kier molecular flexibility index (Phi) is 3.44. The van der Waals surface area contributed by atoms with Crippen LogP contribution in [0.15, 0.2) is 18.2 Å². The fraction of sp³-hybridized carbons (Fsp3) is 0.385. The van der Waals surface area contributed by atoms with Crippen molar-refractivity contribution >= 4 is 23.2 Å². The van der Waals surface area contributed by atoms with Gasteiger partial charge in [0.15, 0.2) is 0 Å². The number of likely N-dealkylation sites (tertiary alicyclic amines) is 1. The van der Waals surface area contributed by atoms with Crippen LogP contribution in [-0.4, -0.2) is 21.6 Å². The quantitative estimate of drug-likeness (QED) is 0.388. The summed E-state index contributed by atoms with van der Waals surface area (Å²) in [6.45, 7) is 3.36. The Hall–Kier alpha value is -2.44. The third kappa shape index (κ3) is 2.11. The van der Waals surface area contributed by atoms with Crippen LogP contribution in [0.1, 0.15) is 19.4 Å². The third-order valence-corrected chi connectivity index (χ3v) is 3.76. The number of hydrogen-bond donors (Lipinski definition) is 1. The van der Waals surface area contributed by atoms with Gasteiger partial charge in [-0.25, -0.2) is 0 Å². The van der Waals surface area contributed by atoms with Gasteiger partial charge in [0.05, 0.1) is 11.5 Å². The molecule has 2 atom stereocenters. The van der Waals surface area contributed by atoms with E-state index in [4.69, 9.17) is 5.73 Å². The first kappa shape index (κ1) is 14.0. The number of amides is 2. The SMILES string of the molecule is CC1C(=O)N(Cc2cccc([N+](=O)[O-])c2N)C(=O)C1C. The summed E-state index contributed by atoms with van der Waals surface area (Å²) >= 11 is 0. The summed E-state index contributed by atoms with van der Waals surface area (Å²) in [5, 5.41) is 10.8. The molecule has 7 heteroatoms. The number of nitrogens with two attached hydrogens (primary N) is 1. The first-order chi connectivity index (χ1) is 9.34. The Morgan fingerprint density at radius 3 is 2.30 bits per heavy atom. The summed E-state index contributed by atoms with van der Waals surface area (Å²) < 4.78 is 0. The lowest BCUT2D eigenvalue weighted by Gasteiger charge is -2.15. The summed E-state index contributed by atoms with van der Waals surface area (Å²) in [5.74, 6) is -1.29. The topological polar surface area (TPSA) is 107 Å². The monoisotopic (exact) mass is 277 g/mol. The molecule has 1 heterocycles. The minimum absolute atomic E-state index is 0.00898. The van der Waals surface area contributed by atoms with E-state index < -0.39 is 4.92 Å². The number of hydrogen-bond acceptors (Lipinski definition) is 5. The van der Waals surface area contributed by atoms with Crippen LogP contribution in [0, 0.1) is 22.0 Å². The molecule has 7 nitrogen and oxygen atoms in total. The summed E-state index contributed by atoms with van der Waals surface area (Å²) in [5.41, 5.74) is 5.91. The molecule has 1 saturated heterocycles. The predicted octanol–water partition coefficient (Wildman–Crippen LogP) is 1.32. The highest BCUT2D eigenvalue weighted by atomic mass is 16.6. The van der Waals surface area contributed by atoms with E-state index >= 15 is 0 Å². The van der Waals surface area contributed by atoms with Crippen molar-refractivity contribution in [2.45, 2.75) is 20.4 Å². The zero-order valence-corrected chi connectivity index (χ0v) is 11.2. The number of benzene rings is 1. The van der Waals surface area contributed by atoms with Gasteiger partial charge in [0.25, 0.3) is 5.69 Å². The molecule has 1 fully saturated rings. The Morgan fingerprint density at radius 2 is 1.80 bits per heavy atom. The van der Waals surface area contributed by atoms with Gasteiger partial charge >= 0.3 is 0 Å². The van der Waals surface area contributed by atoms with Crippen molar-refractivity contribution in [2.24, 2.45) is 11.8 Å². The minimum atomic E-state index is -0.586. The molecule has 20 heavy (non-hydrogen) atoms. The zero-order valence-electron chi connectivity index (χ0n) is 11.2. The molecule has 2 N–H and O–H groups in total. The van der Waals surface area contributed by atoms with E-state index in [9.17, 15) is 19.7 Å². The van der Waals surface area contributed by atoms with E-state index in [2.05, 4.69) is 0 Å². The van der Waals surface area contributed by atoms with Crippen LogP contribution in [0.5, 0.6) is 0 Å². The van der Waals surface area contributed by atoms with Crippen LogP contribution in [0.4, 0.5) is 11.4 Å². The summed E-state index contributed by atoms with van der Waals surface area (Å²) in [7, 11) is 0. The van der Waals surface area contributed by atoms with Crippen molar-refractivity contribution in [3.63, 3.8) is 0 Å². The van der Waals surface area contributed by atoms with E-state index in [0.717, 1.165) is 4.90 Å². The van der Waals surface area contributed by atoms with Crippen LogP contribution in [0.2, 0.25) is 0 Å². The Balaban J connectivity index is 2.32. The second kappa shape index (κ2) is 4.92. The van der Waals surface area contributed by atoms with Crippen molar-refractivity contribution in [1.29, 1.82) is 0 Å². The molecule has 1 aliphatic rings. The Bertz CT molecular complexity index is 579. The molecule has 106 valence electrons. The molecule has 0 aromatic heterocycles. The van der Waals surface area contributed by atoms with Gasteiger partial charge < -0.3 is 5.73 Å². The molecule has 1 aromatic carbocycles. The number of nitrogens with zero attached hydrogens (tertiary/aromatic N) is 2. The number of carbonyl (C=O) groups is 2. The summed E-state index contributed by atoms with van der Waals surface area (Å²) in [6, 6.07) is 4.36. The highest BCUT2D eigenvalue weighted by Crippen LogP contribution is 2.30. The van der Waals surface area contributed by atoms with Gasteiger partial charge in [0, 0.05) is 23.5 Å². The Morgan fingerprint density at radius 1 is 1.25 bits per heavy atom. The maximum atomic E-state index is 12.0. The normalized spacial score (nSPS) is 22.4. The molecule has 1 aliphatic heterocycles. The Labute approximate surface area is 115 Å². The first-order valence-corrected chi connectivity index (χ1v) is 6.21. The largest absolute Gasteiger partial charge is 0.393 e. The molecular formula is C13H15N3O4. The molecule has 0 spiro atoms. The minimum Gasteiger partial charge on any atom is -0.393 e. The highest BCUT2D eigenvalue weighted by Gasteiger charge is 2.42. The van der Waals surface area contributed by atoms with Crippen molar-refractivity contribution in [3.8, 4) is 0 Å². The summed E-state index contributed by atoms with van der Waals surface area (Å²) in [6.07, 6.45) is 0. The molecule has 0 radical (unpaired) electrons. The van der Waals surface area contributed by atoms with Crippen molar-refractivity contribution in [2.75, 3.05) is 5.73 Å². The molecule has 2 rings (SSSR count). The van der Waals surface area contributed by atoms with Crippen LogP contribution in [0.25, 0.3) is 0 Å². The van der Waals surface area contributed by atoms with Crippen LogP contribution < -0.4 is 5.73 Å². The average molecular weight is 277 g/mol. The molecule has 2 unspecified atom stereocenters. The second-order valence-electron chi connectivity index (χ2n) is 4.95. The van der Waals surface area contributed by atoms with Crippen molar-refractivity contribution in [1.82, 2.24) is 4.90 Å². The van der Waals surface area contributed by atoms with Gasteiger partial charge in [-0.05, 0) is 0 Å². The van der Waals surface area contributed by atoms with Crippen molar-refractivity contribution in [3.05, 3.63) is 33.9 Å².